The Labute approximate surface area is 118 Å². The van der Waals surface area contributed by atoms with Gasteiger partial charge in [0.05, 0.1) is 25.0 Å². The summed E-state index contributed by atoms with van der Waals surface area (Å²) in [6.07, 6.45) is 3.74. The molecule has 1 aromatic heterocycles. The van der Waals surface area contributed by atoms with Crippen LogP contribution in [0.15, 0.2) is 47.7 Å². The van der Waals surface area contributed by atoms with Crippen molar-refractivity contribution < 1.29 is 4.74 Å². The molecule has 0 fully saturated rings. The maximum Gasteiger partial charge on any atom is 0.189 e. The molecule has 0 unspecified atom stereocenters. The molecule has 6 nitrogen and oxygen atoms in total. The monoisotopic (exact) mass is 273 g/mol. The van der Waals surface area contributed by atoms with E-state index < -0.39 is 0 Å². The Morgan fingerprint density at radius 1 is 1.40 bits per heavy atom. The van der Waals surface area contributed by atoms with Crippen LogP contribution in [0, 0.1) is 0 Å². The lowest BCUT2D eigenvalue weighted by molar-refractivity contribution is 0.204. The van der Waals surface area contributed by atoms with Crippen LogP contribution in [0.25, 0.3) is 5.69 Å². The van der Waals surface area contributed by atoms with Crippen molar-refractivity contribution in [3.05, 3.63) is 48.3 Å². The van der Waals surface area contributed by atoms with Crippen molar-refractivity contribution in [2.24, 2.45) is 10.7 Å². The third-order valence-corrected chi connectivity index (χ3v) is 2.70. The lowest BCUT2D eigenvalue weighted by atomic mass is 10.3. The van der Waals surface area contributed by atoms with Crippen molar-refractivity contribution in [3.63, 3.8) is 0 Å². The Bertz CT molecular complexity index is 550. The molecule has 3 N–H and O–H groups in total. The smallest absolute Gasteiger partial charge is 0.189 e. The third kappa shape index (κ3) is 4.10. The van der Waals surface area contributed by atoms with Gasteiger partial charge in [-0.1, -0.05) is 18.2 Å². The number of aliphatic imine (C=N–C) groups is 1. The van der Waals surface area contributed by atoms with Crippen LogP contribution in [0.5, 0.6) is 0 Å². The van der Waals surface area contributed by atoms with E-state index in [-0.39, 0.29) is 0 Å². The maximum atomic E-state index is 5.74. The topological polar surface area (TPSA) is 77.5 Å². The van der Waals surface area contributed by atoms with Crippen molar-refractivity contribution in [2.75, 3.05) is 20.3 Å². The van der Waals surface area contributed by atoms with E-state index in [9.17, 15) is 0 Å². The van der Waals surface area contributed by atoms with Gasteiger partial charge in [0.1, 0.15) is 0 Å². The van der Waals surface area contributed by atoms with E-state index in [1.807, 2.05) is 41.2 Å². The summed E-state index contributed by atoms with van der Waals surface area (Å²) in [5, 5.41) is 7.27. The molecule has 0 saturated heterocycles. The van der Waals surface area contributed by atoms with E-state index in [1.54, 1.807) is 13.3 Å². The van der Waals surface area contributed by atoms with Crippen LogP contribution in [-0.4, -0.2) is 36.0 Å². The molecule has 0 aliphatic heterocycles. The molecule has 1 aromatic carbocycles. The number of guanidine groups is 1. The molecule has 0 aliphatic carbocycles. The number of hydrogen-bond acceptors (Lipinski definition) is 3. The van der Waals surface area contributed by atoms with Crippen LogP contribution in [0.2, 0.25) is 0 Å². The lowest BCUT2D eigenvalue weighted by Gasteiger charge is -2.03. The second kappa shape index (κ2) is 7.30. The molecule has 0 atom stereocenters. The first-order valence-corrected chi connectivity index (χ1v) is 6.41. The SMILES string of the molecule is COCCNC(N)=NCc1cnn(-c2ccccc2)c1. The van der Waals surface area contributed by atoms with E-state index in [4.69, 9.17) is 10.5 Å². The van der Waals surface area contributed by atoms with E-state index in [1.165, 1.54) is 0 Å². The summed E-state index contributed by atoms with van der Waals surface area (Å²) in [6, 6.07) is 9.94. The molecule has 0 bridgehead atoms. The molecule has 2 aromatic rings. The molecule has 0 spiro atoms. The zero-order valence-corrected chi connectivity index (χ0v) is 11.5. The zero-order chi connectivity index (χ0) is 14.2. The summed E-state index contributed by atoms with van der Waals surface area (Å²) in [5.74, 6) is 0.412. The fourth-order valence-corrected chi connectivity index (χ4v) is 1.68. The molecular formula is C14H19N5O. The molecule has 2 rings (SSSR count). The summed E-state index contributed by atoms with van der Waals surface area (Å²) in [4.78, 5) is 4.25. The number of nitrogens with two attached hydrogens (primary N) is 1. The molecule has 0 radical (unpaired) electrons. The number of hydrogen-bond donors (Lipinski definition) is 2. The summed E-state index contributed by atoms with van der Waals surface area (Å²) in [5.41, 5.74) is 7.76. The van der Waals surface area contributed by atoms with Crippen LogP contribution in [-0.2, 0) is 11.3 Å². The molecule has 106 valence electrons. The van der Waals surface area contributed by atoms with E-state index in [0.717, 1.165) is 11.3 Å². The van der Waals surface area contributed by atoms with Crippen molar-refractivity contribution in [1.29, 1.82) is 0 Å². The first kappa shape index (κ1) is 14.1. The summed E-state index contributed by atoms with van der Waals surface area (Å²) < 4.78 is 6.74. The fraction of sp³-hybridized carbons (Fsp3) is 0.286. The van der Waals surface area contributed by atoms with Crippen molar-refractivity contribution in [2.45, 2.75) is 6.54 Å². The van der Waals surface area contributed by atoms with Gasteiger partial charge in [-0.3, -0.25) is 0 Å². The van der Waals surface area contributed by atoms with Crippen molar-refractivity contribution >= 4 is 5.96 Å². The van der Waals surface area contributed by atoms with Crippen LogP contribution >= 0.6 is 0 Å². The second-order valence-electron chi connectivity index (χ2n) is 4.25. The van der Waals surface area contributed by atoms with Gasteiger partial charge in [0.2, 0.25) is 0 Å². The van der Waals surface area contributed by atoms with Crippen LogP contribution in [0.3, 0.4) is 0 Å². The average Bonchev–Trinajstić information content (AvgIpc) is 2.95. The predicted octanol–water partition coefficient (Wildman–Crippen LogP) is 0.923. The number of ether oxygens (including phenoxy) is 1. The van der Waals surface area contributed by atoms with Crippen molar-refractivity contribution in [3.8, 4) is 5.69 Å². The van der Waals surface area contributed by atoms with Crippen LogP contribution in [0.1, 0.15) is 5.56 Å². The van der Waals surface area contributed by atoms with Crippen LogP contribution in [0.4, 0.5) is 0 Å². The standard InChI is InChI=1S/C14H19N5O/c1-20-8-7-16-14(15)17-9-12-10-18-19(11-12)13-5-3-2-4-6-13/h2-6,10-11H,7-9H2,1H3,(H3,15,16,17). The minimum absolute atomic E-state index is 0.412. The van der Waals surface area contributed by atoms with Gasteiger partial charge in [-0.2, -0.15) is 5.10 Å². The summed E-state index contributed by atoms with van der Waals surface area (Å²) in [7, 11) is 1.65. The molecule has 1 heterocycles. The number of nitrogens with zero attached hydrogens (tertiary/aromatic N) is 3. The minimum Gasteiger partial charge on any atom is -0.383 e. The summed E-state index contributed by atoms with van der Waals surface area (Å²) >= 11 is 0. The van der Waals surface area contributed by atoms with Crippen molar-refractivity contribution in [1.82, 2.24) is 15.1 Å². The Kier molecular flexibility index (Phi) is 5.14. The molecule has 6 heteroatoms. The summed E-state index contributed by atoms with van der Waals surface area (Å²) in [6.45, 7) is 1.75. The number of para-hydroxylation sites is 1. The predicted molar refractivity (Wildman–Crippen MR) is 78.8 cm³/mol. The highest BCUT2D eigenvalue weighted by Gasteiger charge is 2.00. The van der Waals surface area contributed by atoms with E-state index in [0.29, 0.717) is 25.7 Å². The highest BCUT2D eigenvalue weighted by Crippen LogP contribution is 2.08. The van der Waals surface area contributed by atoms with Gasteiger partial charge in [0, 0.05) is 25.4 Å². The quantitative estimate of drug-likeness (QED) is 0.466. The Hall–Kier alpha value is -2.34. The largest absolute Gasteiger partial charge is 0.383 e. The molecule has 20 heavy (non-hydrogen) atoms. The molecule has 0 aliphatic rings. The molecular weight excluding hydrogens is 254 g/mol. The third-order valence-electron chi connectivity index (χ3n) is 2.70. The number of rotatable bonds is 6. The highest BCUT2D eigenvalue weighted by atomic mass is 16.5. The first-order valence-electron chi connectivity index (χ1n) is 6.41. The van der Waals surface area contributed by atoms with E-state index in [2.05, 4.69) is 15.4 Å². The number of aromatic nitrogens is 2. The zero-order valence-electron chi connectivity index (χ0n) is 11.5. The van der Waals surface area contributed by atoms with Gasteiger partial charge >= 0.3 is 0 Å². The Morgan fingerprint density at radius 2 is 2.20 bits per heavy atom. The Morgan fingerprint density at radius 3 is 2.95 bits per heavy atom. The van der Waals surface area contributed by atoms with Gasteiger partial charge in [-0.15, -0.1) is 0 Å². The maximum absolute atomic E-state index is 5.74. The Balaban J connectivity index is 1.91. The number of methoxy groups -OCH3 is 1. The number of benzene rings is 1. The van der Waals surface area contributed by atoms with Gasteiger partial charge in [0.15, 0.2) is 5.96 Å². The van der Waals surface area contributed by atoms with Crippen LogP contribution < -0.4 is 11.1 Å². The fourth-order valence-electron chi connectivity index (χ4n) is 1.68. The van der Waals surface area contributed by atoms with Gasteiger partial charge in [0.25, 0.3) is 0 Å². The number of nitrogens with one attached hydrogen (secondary N) is 1. The molecule has 0 saturated carbocycles. The average molecular weight is 273 g/mol. The highest BCUT2D eigenvalue weighted by molar-refractivity contribution is 5.77. The second-order valence-corrected chi connectivity index (χ2v) is 4.25. The normalized spacial score (nSPS) is 11.6. The van der Waals surface area contributed by atoms with Gasteiger partial charge in [-0.05, 0) is 12.1 Å². The first-order chi connectivity index (χ1) is 9.79. The van der Waals surface area contributed by atoms with E-state index >= 15 is 0 Å². The molecule has 0 amide bonds. The lowest BCUT2D eigenvalue weighted by Crippen LogP contribution is -2.34. The van der Waals surface area contributed by atoms with Gasteiger partial charge < -0.3 is 15.8 Å². The minimum atomic E-state index is 0.412. The van der Waals surface area contributed by atoms with Gasteiger partial charge in [-0.25, -0.2) is 9.67 Å².